The highest BCUT2D eigenvalue weighted by molar-refractivity contribution is 9.10. The minimum absolute atomic E-state index is 0.0596. The molecule has 2 aromatic carbocycles. The first-order valence-electron chi connectivity index (χ1n) is 8.97. The molecule has 27 heavy (non-hydrogen) atoms. The van der Waals surface area contributed by atoms with Crippen molar-refractivity contribution in [1.29, 1.82) is 0 Å². The second kappa shape index (κ2) is 11.6. The molecule has 3 rings (SSSR count). The lowest BCUT2D eigenvalue weighted by Gasteiger charge is -2.16. The van der Waals surface area contributed by atoms with E-state index in [1.54, 1.807) is 24.3 Å². The molecule has 0 heterocycles. The Morgan fingerprint density at radius 3 is 1.67 bits per heavy atom. The number of hydrogen-bond acceptors (Lipinski definition) is 2. The van der Waals surface area contributed by atoms with Gasteiger partial charge < -0.3 is 5.32 Å². The highest BCUT2D eigenvalue weighted by Crippen LogP contribution is 2.18. The van der Waals surface area contributed by atoms with Crippen molar-refractivity contribution in [2.75, 3.05) is 0 Å². The molecule has 1 amide bonds. The third-order valence-corrected chi connectivity index (χ3v) is 5.64. The minimum Gasteiger partial charge on any atom is -0.349 e. The van der Waals surface area contributed by atoms with E-state index < -0.39 is 5.24 Å². The van der Waals surface area contributed by atoms with Crippen LogP contribution < -0.4 is 5.32 Å². The summed E-state index contributed by atoms with van der Waals surface area (Å²) in [6.45, 7) is 0. The molecule has 0 aromatic heterocycles. The van der Waals surface area contributed by atoms with Gasteiger partial charge in [0.25, 0.3) is 11.1 Å². The molecule has 0 bridgehead atoms. The van der Waals surface area contributed by atoms with E-state index in [0.29, 0.717) is 11.6 Å². The van der Waals surface area contributed by atoms with Gasteiger partial charge in [-0.15, -0.1) is 0 Å². The number of rotatable bonds is 3. The first-order valence-corrected chi connectivity index (χ1v) is 10.9. The molecule has 0 unspecified atom stereocenters. The quantitative estimate of drug-likeness (QED) is 0.364. The molecule has 0 spiro atoms. The number of nitrogens with one attached hydrogen (secondary N) is 1. The predicted molar refractivity (Wildman–Crippen MR) is 117 cm³/mol. The Kier molecular flexibility index (Phi) is 9.52. The Balaban J connectivity index is 0.000000223. The molecule has 144 valence electrons. The van der Waals surface area contributed by atoms with Crippen molar-refractivity contribution in [2.24, 2.45) is 0 Å². The Bertz CT molecular complexity index is 740. The predicted octanol–water partition coefficient (Wildman–Crippen LogP) is 6.73. The molecule has 1 aliphatic carbocycles. The third-order valence-electron chi connectivity index (χ3n) is 4.37. The monoisotopic (exact) mass is 513 g/mol. The maximum Gasteiger partial charge on any atom is 0.252 e. The van der Waals surface area contributed by atoms with Gasteiger partial charge in [0, 0.05) is 26.1 Å². The van der Waals surface area contributed by atoms with Crippen LogP contribution in [0.25, 0.3) is 0 Å². The van der Waals surface area contributed by atoms with Crippen molar-refractivity contribution < 1.29 is 9.59 Å². The fraction of sp³-hybridized carbons (Fsp3) is 0.333. The minimum atomic E-state index is -0.424. The zero-order valence-corrected chi connectivity index (χ0v) is 18.8. The normalized spacial score (nSPS) is 14.5. The number of halogens is 3. The van der Waals surface area contributed by atoms with Crippen molar-refractivity contribution in [2.45, 2.75) is 44.6 Å². The number of carbonyl (C=O) groups excluding carboxylic acids is 2. The third kappa shape index (κ3) is 8.16. The second-order valence-corrected chi connectivity index (χ2v) is 8.62. The Labute approximate surface area is 182 Å². The lowest BCUT2D eigenvalue weighted by molar-refractivity contribution is 0.0933. The summed E-state index contributed by atoms with van der Waals surface area (Å²) in [5.41, 5.74) is 1.27. The Hall–Kier alpha value is -1.17. The summed E-state index contributed by atoms with van der Waals surface area (Å²) >= 11 is 11.8. The average Bonchev–Trinajstić information content (AvgIpc) is 2.92. The molecule has 0 radical (unpaired) electrons. The van der Waals surface area contributed by atoms with Crippen LogP contribution in [0.3, 0.4) is 0 Å². The highest BCUT2D eigenvalue weighted by Gasteiger charge is 2.15. The number of carbonyl (C=O) groups is 2. The van der Waals surface area contributed by atoms with E-state index in [4.69, 9.17) is 11.6 Å². The molecular formula is C21H22Br2ClNO2. The summed E-state index contributed by atoms with van der Waals surface area (Å²) in [6.07, 6.45) is 7.36. The molecular weight excluding hydrogens is 493 g/mol. The van der Waals surface area contributed by atoms with Crippen molar-refractivity contribution >= 4 is 54.6 Å². The van der Waals surface area contributed by atoms with Crippen LogP contribution in [0.4, 0.5) is 0 Å². The average molecular weight is 516 g/mol. The van der Waals surface area contributed by atoms with E-state index in [1.807, 2.05) is 24.3 Å². The van der Waals surface area contributed by atoms with Gasteiger partial charge in [0.2, 0.25) is 0 Å². The topological polar surface area (TPSA) is 46.2 Å². The molecule has 1 aliphatic rings. The van der Waals surface area contributed by atoms with Crippen molar-refractivity contribution in [3.63, 3.8) is 0 Å². The van der Waals surface area contributed by atoms with Gasteiger partial charge in [-0.25, -0.2) is 0 Å². The summed E-state index contributed by atoms with van der Waals surface area (Å²) in [6, 6.07) is 14.8. The molecule has 1 N–H and O–H groups in total. The van der Waals surface area contributed by atoms with Crippen LogP contribution in [0.2, 0.25) is 0 Å². The molecule has 2 aromatic rings. The summed E-state index contributed by atoms with van der Waals surface area (Å²) in [7, 11) is 0. The van der Waals surface area contributed by atoms with Crippen LogP contribution in [-0.2, 0) is 0 Å². The largest absolute Gasteiger partial charge is 0.349 e. The van der Waals surface area contributed by atoms with Gasteiger partial charge in [0.15, 0.2) is 0 Å². The first-order chi connectivity index (χ1) is 13.0. The fourth-order valence-corrected chi connectivity index (χ4v) is 3.53. The van der Waals surface area contributed by atoms with Crippen molar-refractivity contribution in [3.8, 4) is 0 Å². The molecule has 0 aliphatic heterocycles. The van der Waals surface area contributed by atoms with Crippen LogP contribution in [0.5, 0.6) is 0 Å². The summed E-state index contributed by atoms with van der Waals surface area (Å²) in [4.78, 5) is 22.5. The standard InChI is InChI=1S/C14H18BrNO.C7H4BrClO/c15-12-9-7-11(8-10-12)14(17)16-13-5-3-1-2-4-6-13;8-6-3-1-5(2-4-6)7(9)10/h7-10,13H,1-6H2,(H,16,17);1-4H. The van der Waals surface area contributed by atoms with Crippen LogP contribution in [0, 0.1) is 0 Å². The lowest BCUT2D eigenvalue weighted by atomic mass is 10.1. The van der Waals surface area contributed by atoms with E-state index in [9.17, 15) is 9.59 Å². The van der Waals surface area contributed by atoms with Gasteiger partial charge in [-0.3, -0.25) is 9.59 Å². The van der Waals surface area contributed by atoms with E-state index >= 15 is 0 Å². The van der Waals surface area contributed by atoms with E-state index in [0.717, 1.165) is 27.4 Å². The summed E-state index contributed by atoms with van der Waals surface area (Å²) in [5, 5.41) is 2.72. The number of amides is 1. The molecule has 0 atom stereocenters. The molecule has 1 fully saturated rings. The second-order valence-electron chi connectivity index (χ2n) is 6.45. The Morgan fingerprint density at radius 1 is 0.778 bits per heavy atom. The number of hydrogen-bond donors (Lipinski definition) is 1. The van der Waals surface area contributed by atoms with Crippen LogP contribution in [0.1, 0.15) is 59.2 Å². The molecule has 1 saturated carbocycles. The lowest BCUT2D eigenvalue weighted by Crippen LogP contribution is -2.34. The van der Waals surface area contributed by atoms with E-state index in [1.165, 1.54) is 25.7 Å². The zero-order chi connectivity index (χ0) is 19.6. The summed E-state index contributed by atoms with van der Waals surface area (Å²) < 4.78 is 1.94. The fourth-order valence-electron chi connectivity index (χ4n) is 2.87. The Morgan fingerprint density at radius 2 is 1.22 bits per heavy atom. The van der Waals surface area contributed by atoms with Gasteiger partial charge in [0.1, 0.15) is 0 Å². The maximum atomic E-state index is 12.0. The van der Waals surface area contributed by atoms with Crippen molar-refractivity contribution in [3.05, 3.63) is 68.6 Å². The van der Waals surface area contributed by atoms with Gasteiger partial charge in [-0.1, -0.05) is 57.5 Å². The molecule has 3 nitrogen and oxygen atoms in total. The maximum absolute atomic E-state index is 12.0. The van der Waals surface area contributed by atoms with Gasteiger partial charge in [0.05, 0.1) is 0 Å². The van der Waals surface area contributed by atoms with Gasteiger partial charge >= 0.3 is 0 Å². The summed E-state index contributed by atoms with van der Waals surface area (Å²) in [5.74, 6) is 0.0596. The molecule has 0 saturated heterocycles. The smallest absolute Gasteiger partial charge is 0.252 e. The van der Waals surface area contributed by atoms with E-state index in [-0.39, 0.29) is 5.91 Å². The SMILES string of the molecule is O=C(Cl)c1ccc(Br)cc1.O=C(NC1CCCCCC1)c1ccc(Br)cc1. The van der Waals surface area contributed by atoms with Crippen LogP contribution >= 0.6 is 43.5 Å². The van der Waals surface area contributed by atoms with Crippen LogP contribution in [0.15, 0.2) is 57.5 Å². The zero-order valence-electron chi connectivity index (χ0n) is 14.9. The van der Waals surface area contributed by atoms with Crippen LogP contribution in [-0.4, -0.2) is 17.2 Å². The number of benzene rings is 2. The first kappa shape index (κ1) is 22.1. The van der Waals surface area contributed by atoms with Crippen molar-refractivity contribution in [1.82, 2.24) is 5.32 Å². The van der Waals surface area contributed by atoms with E-state index in [2.05, 4.69) is 37.2 Å². The van der Waals surface area contributed by atoms with Gasteiger partial charge in [-0.2, -0.15) is 0 Å². The van der Waals surface area contributed by atoms with Gasteiger partial charge in [-0.05, 0) is 73.0 Å². The highest BCUT2D eigenvalue weighted by atomic mass is 79.9. The molecule has 6 heteroatoms.